The van der Waals surface area contributed by atoms with Crippen LogP contribution in [0.4, 0.5) is 5.69 Å². The van der Waals surface area contributed by atoms with E-state index in [-0.39, 0.29) is 10.6 Å². The van der Waals surface area contributed by atoms with E-state index in [1.54, 1.807) is 12.1 Å². The number of benzene rings is 1. The van der Waals surface area contributed by atoms with Crippen LogP contribution in [-0.2, 0) is 0 Å². The zero-order chi connectivity index (χ0) is 11.4. The number of nitro benzene ring substituents is 1. The molecule has 0 saturated heterocycles. The predicted octanol–water partition coefficient (Wildman–Crippen LogP) is 3.39. The molecule has 0 spiro atoms. The van der Waals surface area contributed by atoms with E-state index in [1.165, 1.54) is 0 Å². The second kappa shape index (κ2) is 4.93. The summed E-state index contributed by atoms with van der Waals surface area (Å²) in [6, 6.07) is 5.13. The zero-order valence-electron chi connectivity index (χ0n) is 8.85. The van der Waals surface area contributed by atoms with E-state index in [4.69, 9.17) is 0 Å². The standard InChI is InChI=1S/C10H12N2O2S/c1-7(2)11-15-10-5-4-8(3)6-9(10)12(13)14/h4-6H,1-3H3. The van der Waals surface area contributed by atoms with Gasteiger partial charge in [0, 0.05) is 23.7 Å². The Labute approximate surface area is 92.7 Å². The fourth-order valence-corrected chi connectivity index (χ4v) is 1.62. The van der Waals surface area contributed by atoms with Gasteiger partial charge in [0.1, 0.15) is 4.90 Å². The van der Waals surface area contributed by atoms with Crippen molar-refractivity contribution < 1.29 is 4.92 Å². The Morgan fingerprint density at radius 1 is 1.47 bits per heavy atom. The molecule has 0 bridgehead atoms. The molecule has 0 aliphatic heterocycles. The number of hydrogen-bond donors (Lipinski definition) is 0. The molecule has 0 amide bonds. The Hall–Kier alpha value is -1.36. The fourth-order valence-electron chi connectivity index (χ4n) is 0.988. The van der Waals surface area contributed by atoms with Crippen molar-refractivity contribution in [2.45, 2.75) is 25.7 Å². The summed E-state index contributed by atoms with van der Waals surface area (Å²) in [5.41, 5.74) is 1.88. The molecule has 0 radical (unpaired) electrons. The molecule has 80 valence electrons. The van der Waals surface area contributed by atoms with Crippen LogP contribution in [0.1, 0.15) is 19.4 Å². The Morgan fingerprint density at radius 2 is 2.13 bits per heavy atom. The van der Waals surface area contributed by atoms with Gasteiger partial charge in [0.15, 0.2) is 0 Å². The van der Waals surface area contributed by atoms with E-state index in [1.807, 2.05) is 26.8 Å². The Bertz CT molecular complexity index is 412. The first-order valence-electron chi connectivity index (χ1n) is 4.44. The maximum Gasteiger partial charge on any atom is 0.285 e. The van der Waals surface area contributed by atoms with Crippen LogP contribution < -0.4 is 0 Å². The lowest BCUT2D eigenvalue weighted by Crippen LogP contribution is -1.91. The van der Waals surface area contributed by atoms with Gasteiger partial charge in [-0.05, 0) is 32.4 Å². The molecule has 1 rings (SSSR count). The highest BCUT2D eigenvalue weighted by Crippen LogP contribution is 2.30. The summed E-state index contributed by atoms with van der Waals surface area (Å²) in [6.07, 6.45) is 0. The van der Waals surface area contributed by atoms with E-state index in [0.29, 0.717) is 4.90 Å². The predicted molar refractivity (Wildman–Crippen MR) is 62.5 cm³/mol. The minimum absolute atomic E-state index is 0.116. The van der Waals surface area contributed by atoms with Gasteiger partial charge in [-0.15, -0.1) is 0 Å². The summed E-state index contributed by atoms with van der Waals surface area (Å²) in [5.74, 6) is 0. The molecule has 0 aliphatic carbocycles. The van der Waals surface area contributed by atoms with Crippen molar-refractivity contribution in [2.24, 2.45) is 4.40 Å². The topological polar surface area (TPSA) is 55.5 Å². The highest BCUT2D eigenvalue weighted by molar-refractivity contribution is 7.98. The van der Waals surface area contributed by atoms with Gasteiger partial charge in [-0.3, -0.25) is 10.1 Å². The molecule has 0 aliphatic rings. The summed E-state index contributed by atoms with van der Waals surface area (Å²) in [5, 5.41) is 10.8. The summed E-state index contributed by atoms with van der Waals surface area (Å²) in [7, 11) is 0. The van der Waals surface area contributed by atoms with Gasteiger partial charge in [-0.2, -0.15) is 0 Å². The number of rotatable bonds is 3. The lowest BCUT2D eigenvalue weighted by Gasteiger charge is -2.00. The smallest absolute Gasteiger partial charge is 0.258 e. The monoisotopic (exact) mass is 224 g/mol. The van der Waals surface area contributed by atoms with Gasteiger partial charge in [0.25, 0.3) is 5.69 Å². The molecule has 0 N–H and O–H groups in total. The maximum absolute atomic E-state index is 10.8. The molecule has 0 unspecified atom stereocenters. The normalized spacial score (nSPS) is 9.80. The molecule has 1 aromatic carbocycles. The molecule has 4 nitrogen and oxygen atoms in total. The van der Waals surface area contributed by atoms with Crippen LogP contribution in [0.5, 0.6) is 0 Å². The third-order valence-electron chi connectivity index (χ3n) is 1.64. The highest BCUT2D eigenvalue weighted by Gasteiger charge is 2.13. The highest BCUT2D eigenvalue weighted by atomic mass is 32.2. The second-order valence-electron chi connectivity index (χ2n) is 3.36. The van der Waals surface area contributed by atoms with Crippen LogP contribution >= 0.6 is 11.9 Å². The van der Waals surface area contributed by atoms with Crippen molar-refractivity contribution in [1.29, 1.82) is 0 Å². The van der Waals surface area contributed by atoms with Crippen LogP contribution in [0.15, 0.2) is 27.5 Å². The van der Waals surface area contributed by atoms with Gasteiger partial charge >= 0.3 is 0 Å². The molecule has 0 aromatic heterocycles. The Balaban J connectivity index is 3.06. The first kappa shape index (κ1) is 11.7. The SMILES string of the molecule is CC(C)=NSc1ccc(C)cc1[N+](=O)[O-]. The van der Waals surface area contributed by atoms with E-state index in [0.717, 1.165) is 23.2 Å². The summed E-state index contributed by atoms with van der Waals surface area (Å²) >= 11 is 1.14. The zero-order valence-corrected chi connectivity index (χ0v) is 9.67. The summed E-state index contributed by atoms with van der Waals surface area (Å²) in [6.45, 7) is 5.54. The quantitative estimate of drug-likeness (QED) is 0.342. The number of nitro groups is 1. The van der Waals surface area contributed by atoms with Crippen LogP contribution in [-0.4, -0.2) is 10.6 Å². The number of aryl methyl sites for hydroxylation is 1. The van der Waals surface area contributed by atoms with Crippen molar-refractivity contribution in [3.05, 3.63) is 33.9 Å². The van der Waals surface area contributed by atoms with E-state index in [2.05, 4.69) is 4.40 Å². The van der Waals surface area contributed by atoms with E-state index < -0.39 is 0 Å². The molecular weight excluding hydrogens is 212 g/mol. The average Bonchev–Trinajstić information content (AvgIpc) is 2.15. The van der Waals surface area contributed by atoms with Gasteiger partial charge in [0.2, 0.25) is 0 Å². The fraction of sp³-hybridized carbons (Fsp3) is 0.300. The summed E-state index contributed by atoms with van der Waals surface area (Å²) < 4.78 is 4.10. The number of hydrogen-bond acceptors (Lipinski definition) is 4. The van der Waals surface area contributed by atoms with Crippen molar-refractivity contribution in [1.82, 2.24) is 0 Å². The third kappa shape index (κ3) is 3.36. The van der Waals surface area contributed by atoms with E-state index in [9.17, 15) is 10.1 Å². The van der Waals surface area contributed by atoms with Crippen LogP contribution in [0, 0.1) is 17.0 Å². The van der Waals surface area contributed by atoms with Crippen molar-refractivity contribution in [3.63, 3.8) is 0 Å². The molecule has 0 atom stereocenters. The Kier molecular flexibility index (Phi) is 3.85. The van der Waals surface area contributed by atoms with Gasteiger partial charge in [0.05, 0.1) is 4.92 Å². The minimum Gasteiger partial charge on any atom is -0.258 e. The molecular formula is C10H12N2O2S. The Morgan fingerprint density at radius 3 is 2.67 bits per heavy atom. The minimum atomic E-state index is -0.379. The van der Waals surface area contributed by atoms with Crippen LogP contribution in [0.2, 0.25) is 0 Å². The van der Waals surface area contributed by atoms with Crippen molar-refractivity contribution in [3.8, 4) is 0 Å². The second-order valence-corrected chi connectivity index (χ2v) is 4.16. The van der Waals surface area contributed by atoms with Crippen LogP contribution in [0.25, 0.3) is 0 Å². The van der Waals surface area contributed by atoms with Crippen molar-refractivity contribution >= 4 is 23.3 Å². The average molecular weight is 224 g/mol. The molecule has 0 heterocycles. The van der Waals surface area contributed by atoms with Crippen LogP contribution in [0.3, 0.4) is 0 Å². The maximum atomic E-state index is 10.8. The first-order chi connectivity index (χ1) is 7.00. The largest absolute Gasteiger partial charge is 0.285 e. The van der Waals surface area contributed by atoms with Gasteiger partial charge in [-0.1, -0.05) is 6.07 Å². The van der Waals surface area contributed by atoms with Gasteiger partial charge < -0.3 is 0 Å². The molecule has 0 saturated carbocycles. The third-order valence-corrected chi connectivity index (χ3v) is 2.64. The molecule has 5 heteroatoms. The summed E-state index contributed by atoms with van der Waals surface area (Å²) in [4.78, 5) is 11.0. The lowest BCUT2D eigenvalue weighted by molar-refractivity contribution is -0.387. The number of nitrogens with zero attached hydrogens (tertiary/aromatic N) is 2. The lowest BCUT2D eigenvalue weighted by atomic mass is 10.2. The first-order valence-corrected chi connectivity index (χ1v) is 5.21. The van der Waals surface area contributed by atoms with Gasteiger partial charge in [-0.25, -0.2) is 4.40 Å². The van der Waals surface area contributed by atoms with E-state index >= 15 is 0 Å². The molecule has 15 heavy (non-hydrogen) atoms. The molecule has 0 fully saturated rings. The molecule has 1 aromatic rings. The van der Waals surface area contributed by atoms with Crippen molar-refractivity contribution in [2.75, 3.05) is 0 Å².